The molecule has 2 aliphatic rings. The molecule has 98 valence electrons. The fraction of sp³-hybridized carbons (Fsp3) is 0.929. The second-order valence-corrected chi connectivity index (χ2v) is 7.29. The number of aliphatic imine (C=N–C) groups is 1. The molecule has 3 nitrogen and oxygen atoms in total. The first kappa shape index (κ1) is 12.7. The Labute approximate surface area is 105 Å². The summed E-state index contributed by atoms with van der Waals surface area (Å²) in [5.74, 6) is 1.64. The maximum atomic E-state index is 6.05. The van der Waals surface area contributed by atoms with Gasteiger partial charge in [0, 0.05) is 6.54 Å². The standard InChI is InChI=1S/C14H27N3/c1-13(2,3)7-8-14(4)10-16-12(15)17(14)9-11-5-6-11/h11H,5-10H2,1-4H3,(H2,15,16). The van der Waals surface area contributed by atoms with Gasteiger partial charge in [0.2, 0.25) is 0 Å². The fourth-order valence-electron chi connectivity index (χ4n) is 2.43. The molecule has 0 saturated heterocycles. The van der Waals surface area contributed by atoms with Crippen LogP contribution in [0.4, 0.5) is 0 Å². The number of hydrogen-bond acceptors (Lipinski definition) is 3. The van der Waals surface area contributed by atoms with Gasteiger partial charge in [0.15, 0.2) is 5.96 Å². The highest BCUT2D eigenvalue weighted by Gasteiger charge is 2.40. The van der Waals surface area contributed by atoms with Crippen LogP contribution >= 0.6 is 0 Å². The van der Waals surface area contributed by atoms with Crippen molar-refractivity contribution in [3.8, 4) is 0 Å². The molecule has 0 aromatic carbocycles. The first-order chi connectivity index (χ1) is 7.80. The molecule has 0 spiro atoms. The summed E-state index contributed by atoms with van der Waals surface area (Å²) in [6, 6.07) is 0. The molecule has 2 N–H and O–H groups in total. The molecule has 1 saturated carbocycles. The Morgan fingerprint density at radius 2 is 2.06 bits per heavy atom. The molecule has 1 aliphatic heterocycles. The topological polar surface area (TPSA) is 41.6 Å². The Morgan fingerprint density at radius 3 is 2.59 bits per heavy atom. The number of nitrogens with two attached hydrogens (primary N) is 1. The SMILES string of the molecule is CC(C)(C)CCC1(C)CN=C(N)N1CC1CC1. The van der Waals surface area contributed by atoms with Gasteiger partial charge in [-0.2, -0.15) is 0 Å². The van der Waals surface area contributed by atoms with Crippen molar-refractivity contribution in [2.45, 2.75) is 58.9 Å². The normalized spacial score (nSPS) is 29.6. The third-order valence-corrected chi connectivity index (χ3v) is 4.06. The summed E-state index contributed by atoms with van der Waals surface area (Å²) in [5, 5.41) is 0. The molecule has 0 aromatic heterocycles. The summed E-state index contributed by atoms with van der Waals surface area (Å²) in [4.78, 5) is 6.84. The highest BCUT2D eigenvalue weighted by Crippen LogP contribution is 2.36. The minimum atomic E-state index is 0.167. The van der Waals surface area contributed by atoms with E-state index in [1.807, 2.05) is 0 Å². The van der Waals surface area contributed by atoms with E-state index >= 15 is 0 Å². The van der Waals surface area contributed by atoms with Gasteiger partial charge < -0.3 is 10.6 Å². The van der Waals surface area contributed by atoms with Crippen molar-refractivity contribution in [3.05, 3.63) is 0 Å². The molecule has 3 heteroatoms. The summed E-state index contributed by atoms with van der Waals surface area (Å²) in [5.41, 5.74) is 6.61. The largest absolute Gasteiger partial charge is 0.370 e. The highest BCUT2D eigenvalue weighted by molar-refractivity contribution is 5.81. The van der Waals surface area contributed by atoms with Crippen molar-refractivity contribution < 1.29 is 0 Å². The number of guanidine groups is 1. The van der Waals surface area contributed by atoms with E-state index < -0.39 is 0 Å². The Bertz CT molecular complexity index is 312. The highest BCUT2D eigenvalue weighted by atomic mass is 15.4. The molecular weight excluding hydrogens is 210 g/mol. The fourth-order valence-corrected chi connectivity index (χ4v) is 2.43. The van der Waals surface area contributed by atoms with E-state index in [1.54, 1.807) is 0 Å². The van der Waals surface area contributed by atoms with E-state index in [9.17, 15) is 0 Å². The van der Waals surface area contributed by atoms with Gasteiger partial charge in [-0.25, -0.2) is 0 Å². The van der Waals surface area contributed by atoms with E-state index in [2.05, 4.69) is 37.6 Å². The molecule has 1 aliphatic carbocycles. The average Bonchev–Trinajstić information content (AvgIpc) is 2.98. The number of rotatable bonds is 4. The van der Waals surface area contributed by atoms with Gasteiger partial charge in [-0.05, 0) is 43.9 Å². The van der Waals surface area contributed by atoms with Crippen LogP contribution in [-0.4, -0.2) is 29.5 Å². The van der Waals surface area contributed by atoms with Crippen LogP contribution < -0.4 is 5.73 Å². The molecule has 0 radical (unpaired) electrons. The maximum Gasteiger partial charge on any atom is 0.191 e. The first-order valence-corrected chi connectivity index (χ1v) is 6.88. The van der Waals surface area contributed by atoms with Crippen LogP contribution in [-0.2, 0) is 0 Å². The molecule has 2 rings (SSSR count). The predicted molar refractivity (Wildman–Crippen MR) is 73.0 cm³/mol. The molecular formula is C14H27N3. The second kappa shape index (κ2) is 4.18. The quantitative estimate of drug-likeness (QED) is 0.816. The van der Waals surface area contributed by atoms with E-state index in [0.29, 0.717) is 5.41 Å². The zero-order valence-corrected chi connectivity index (χ0v) is 11.8. The minimum Gasteiger partial charge on any atom is -0.370 e. The van der Waals surface area contributed by atoms with Gasteiger partial charge in [0.05, 0.1) is 12.1 Å². The van der Waals surface area contributed by atoms with E-state index in [4.69, 9.17) is 5.73 Å². The van der Waals surface area contributed by atoms with Crippen LogP contribution in [0, 0.1) is 11.3 Å². The lowest BCUT2D eigenvalue weighted by atomic mass is 9.83. The Kier molecular flexibility index (Phi) is 3.13. The molecule has 17 heavy (non-hydrogen) atoms. The van der Waals surface area contributed by atoms with Crippen molar-refractivity contribution in [2.75, 3.05) is 13.1 Å². The van der Waals surface area contributed by atoms with Gasteiger partial charge in [-0.1, -0.05) is 20.8 Å². The monoisotopic (exact) mass is 237 g/mol. The molecule has 0 bridgehead atoms. The van der Waals surface area contributed by atoms with Gasteiger partial charge >= 0.3 is 0 Å². The third kappa shape index (κ3) is 3.14. The lowest BCUT2D eigenvalue weighted by Crippen LogP contribution is -2.50. The van der Waals surface area contributed by atoms with Gasteiger partial charge in [-0.15, -0.1) is 0 Å². The zero-order chi connectivity index (χ0) is 12.7. The van der Waals surface area contributed by atoms with Crippen molar-refractivity contribution in [2.24, 2.45) is 22.1 Å². The lowest BCUT2D eigenvalue weighted by Gasteiger charge is -2.38. The first-order valence-electron chi connectivity index (χ1n) is 6.88. The molecule has 0 amide bonds. The zero-order valence-electron chi connectivity index (χ0n) is 11.8. The Hall–Kier alpha value is -0.730. The van der Waals surface area contributed by atoms with E-state index in [1.165, 1.54) is 25.7 Å². The van der Waals surface area contributed by atoms with Crippen molar-refractivity contribution in [1.29, 1.82) is 0 Å². The summed E-state index contributed by atoms with van der Waals surface area (Å²) in [6.45, 7) is 11.2. The lowest BCUT2D eigenvalue weighted by molar-refractivity contribution is 0.174. The van der Waals surface area contributed by atoms with Gasteiger partial charge in [0.1, 0.15) is 0 Å². The molecule has 1 heterocycles. The second-order valence-electron chi connectivity index (χ2n) is 7.29. The van der Waals surface area contributed by atoms with Crippen molar-refractivity contribution in [1.82, 2.24) is 4.90 Å². The van der Waals surface area contributed by atoms with E-state index in [-0.39, 0.29) is 5.54 Å². The summed E-state index contributed by atoms with van der Waals surface area (Å²) >= 11 is 0. The van der Waals surface area contributed by atoms with Crippen LogP contribution in [0.15, 0.2) is 4.99 Å². The number of hydrogen-bond donors (Lipinski definition) is 1. The van der Waals surface area contributed by atoms with E-state index in [0.717, 1.165) is 25.0 Å². The third-order valence-electron chi connectivity index (χ3n) is 4.06. The molecule has 0 aromatic rings. The Morgan fingerprint density at radius 1 is 1.41 bits per heavy atom. The summed E-state index contributed by atoms with van der Waals surface area (Å²) < 4.78 is 0. The van der Waals surface area contributed by atoms with Crippen LogP contribution in [0.3, 0.4) is 0 Å². The van der Waals surface area contributed by atoms with Crippen molar-refractivity contribution >= 4 is 5.96 Å². The Balaban J connectivity index is 1.97. The van der Waals surface area contributed by atoms with Crippen LogP contribution in [0.2, 0.25) is 0 Å². The summed E-state index contributed by atoms with van der Waals surface area (Å²) in [6.07, 6.45) is 5.17. The van der Waals surface area contributed by atoms with Gasteiger partial charge in [0.25, 0.3) is 0 Å². The molecule has 1 atom stereocenters. The molecule has 1 fully saturated rings. The van der Waals surface area contributed by atoms with Crippen LogP contribution in [0.5, 0.6) is 0 Å². The smallest absolute Gasteiger partial charge is 0.191 e. The molecule has 1 unspecified atom stereocenters. The van der Waals surface area contributed by atoms with Gasteiger partial charge in [-0.3, -0.25) is 4.99 Å². The summed E-state index contributed by atoms with van der Waals surface area (Å²) in [7, 11) is 0. The van der Waals surface area contributed by atoms with Crippen LogP contribution in [0.25, 0.3) is 0 Å². The van der Waals surface area contributed by atoms with Crippen molar-refractivity contribution in [3.63, 3.8) is 0 Å². The minimum absolute atomic E-state index is 0.167. The van der Waals surface area contributed by atoms with Crippen LogP contribution in [0.1, 0.15) is 53.4 Å². The average molecular weight is 237 g/mol. The maximum absolute atomic E-state index is 6.05. The number of nitrogens with zero attached hydrogens (tertiary/aromatic N) is 2. The predicted octanol–water partition coefficient (Wildman–Crippen LogP) is 2.61.